The smallest absolute Gasteiger partial charge is 0.0603 e. The lowest BCUT2D eigenvalue weighted by Gasteiger charge is -2.60. The zero-order chi connectivity index (χ0) is 21.0. The Morgan fingerprint density at radius 2 is 1.80 bits per heavy atom. The molecule has 2 heterocycles. The Balaban J connectivity index is 1.36. The summed E-state index contributed by atoms with van der Waals surface area (Å²) in [5.41, 5.74) is 1.80. The van der Waals surface area contributed by atoms with Crippen molar-refractivity contribution in [2.75, 3.05) is 6.54 Å². The molecule has 0 spiro atoms. The van der Waals surface area contributed by atoms with Crippen LogP contribution >= 0.6 is 0 Å². The van der Waals surface area contributed by atoms with Crippen molar-refractivity contribution in [3.63, 3.8) is 0 Å². The third-order valence-corrected chi connectivity index (χ3v) is 11.8. The van der Waals surface area contributed by atoms with Gasteiger partial charge in [-0.3, -0.25) is 4.90 Å². The summed E-state index contributed by atoms with van der Waals surface area (Å²) in [6.45, 7) is 11.2. The van der Waals surface area contributed by atoms with E-state index in [1.165, 1.54) is 37.8 Å². The molecule has 4 aliphatic carbocycles. The fraction of sp³-hybridized carbons (Fsp3) is 0.926. The normalized spacial score (nSPS) is 60.1. The molecular weight excluding hydrogens is 370 g/mol. The van der Waals surface area contributed by atoms with Gasteiger partial charge < -0.3 is 10.2 Å². The number of allylic oxidation sites excluding steroid dienone is 1. The van der Waals surface area contributed by atoms with Gasteiger partial charge in [0.2, 0.25) is 0 Å². The molecule has 3 heteroatoms. The average molecular weight is 414 g/mol. The second kappa shape index (κ2) is 6.58. The standard InChI is InChI=1S/C27H43NO2/c1-15-5-8-22-16(2)25-23(28(22)14-15)12-21-19-7-6-17-11-18(29)9-10-26(17,3)20(19)13-24(30)27(21,25)4/h6,15-16,18-25,29-30H,5,7-14H2,1-4H3. The van der Waals surface area contributed by atoms with E-state index in [2.05, 4.69) is 38.7 Å². The van der Waals surface area contributed by atoms with Gasteiger partial charge in [0.1, 0.15) is 0 Å². The minimum atomic E-state index is -0.164. The summed E-state index contributed by atoms with van der Waals surface area (Å²) < 4.78 is 0. The van der Waals surface area contributed by atoms with Crippen molar-refractivity contribution < 1.29 is 10.2 Å². The molecular formula is C27H43NO2. The highest BCUT2D eigenvalue weighted by Gasteiger charge is 2.69. The molecule has 6 rings (SSSR count). The monoisotopic (exact) mass is 413 g/mol. The first kappa shape index (κ1) is 20.2. The summed E-state index contributed by atoms with van der Waals surface area (Å²) in [4.78, 5) is 2.91. The molecule has 2 N–H and O–H groups in total. The minimum Gasteiger partial charge on any atom is -0.393 e. The topological polar surface area (TPSA) is 43.7 Å². The molecule has 3 saturated carbocycles. The Hall–Kier alpha value is -0.380. The number of piperidine rings is 1. The number of aliphatic hydroxyl groups is 2. The summed E-state index contributed by atoms with van der Waals surface area (Å²) >= 11 is 0. The van der Waals surface area contributed by atoms with E-state index in [1.54, 1.807) is 0 Å². The quantitative estimate of drug-likeness (QED) is 0.569. The fourth-order valence-corrected chi connectivity index (χ4v) is 10.3. The summed E-state index contributed by atoms with van der Waals surface area (Å²) in [6.07, 6.45) is 11.4. The van der Waals surface area contributed by atoms with Crippen molar-refractivity contribution in [3.05, 3.63) is 11.6 Å². The Morgan fingerprint density at radius 1 is 1.00 bits per heavy atom. The Bertz CT molecular complexity index is 749. The molecule has 0 aromatic carbocycles. The number of hydrogen-bond acceptors (Lipinski definition) is 3. The first-order valence-corrected chi connectivity index (χ1v) is 13.1. The van der Waals surface area contributed by atoms with Crippen LogP contribution in [0.2, 0.25) is 0 Å². The van der Waals surface area contributed by atoms with Gasteiger partial charge in [0, 0.05) is 24.0 Å². The zero-order valence-electron chi connectivity index (χ0n) is 19.6. The van der Waals surface area contributed by atoms with Gasteiger partial charge in [0.25, 0.3) is 0 Å². The predicted molar refractivity (Wildman–Crippen MR) is 120 cm³/mol. The predicted octanol–water partition coefficient (Wildman–Crippen LogP) is 4.63. The van der Waals surface area contributed by atoms with E-state index < -0.39 is 0 Å². The van der Waals surface area contributed by atoms with Gasteiger partial charge in [0.15, 0.2) is 0 Å². The lowest BCUT2D eigenvalue weighted by Crippen LogP contribution is -2.57. The van der Waals surface area contributed by atoms with Gasteiger partial charge in [0.05, 0.1) is 12.2 Å². The zero-order valence-corrected chi connectivity index (χ0v) is 19.6. The molecule has 12 atom stereocenters. The van der Waals surface area contributed by atoms with Crippen LogP contribution < -0.4 is 0 Å². The third kappa shape index (κ3) is 2.44. The molecule has 3 nitrogen and oxygen atoms in total. The van der Waals surface area contributed by atoms with Gasteiger partial charge in [-0.15, -0.1) is 0 Å². The number of fused-ring (bicyclic) bond motifs is 9. The molecule has 168 valence electrons. The minimum absolute atomic E-state index is 0.0850. The molecule has 0 radical (unpaired) electrons. The second-order valence-electron chi connectivity index (χ2n) is 12.9. The van der Waals surface area contributed by atoms with Gasteiger partial charge in [-0.25, -0.2) is 0 Å². The second-order valence-corrected chi connectivity index (χ2v) is 12.9. The molecule has 2 saturated heterocycles. The molecule has 0 aromatic rings. The maximum Gasteiger partial charge on any atom is 0.0603 e. The van der Waals surface area contributed by atoms with E-state index in [-0.39, 0.29) is 23.0 Å². The van der Waals surface area contributed by atoms with E-state index in [0.717, 1.165) is 49.5 Å². The molecule has 2 aliphatic heterocycles. The van der Waals surface area contributed by atoms with Crippen LogP contribution in [-0.2, 0) is 0 Å². The summed E-state index contributed by atoms with van der Waals surface area (Å²) in [5.74, 6) is 4.19. The number of rotatable bonds is 0. The largest absolute Gasteiger partial charge is 0.393 e. The van der Waals surface area contributed by atoms with Gasteiger partial charge in [-0.05, 0) is 92.3 Å². The number of hydrogen-bond donors (Lipinski definition) is 2. The average Bonchev–Trinajstić information content (AvgIpc) is 3.17. The van der Waals surface area contributed by atoms with Crippen molar-refractivity contribution in [1.29, 1.82) is 0 Å². The lowest BCUT2D eigenvalue weighted by atomic mass is 9.46. The van der Waals surface area contributed by atoms with Crippen molar-refractivity contribution in [2.45, 2.75) is 103 Å². The van der Waals surface area contributed by atoms with Crippen molar-refractivity contribution >= 4 is 0 Å². The fourth-order valence-electron chi connectivity index (χ4n) is 10.3. The molecule has 5 fully saturated rings. The Labute approximate surface area is 183 Å². The van der Waals surface area contributed by atoms with Crippen molar-refractivity contribution in [2.24, 2.45) is 46.3 Å². The van der Waals surface area contributed by atoms with Gasteiger partial charge in [-0.1, -0.05) is 39.3 Å². The maximum atomic E-state index is 11.8. The Kier molecular flexibility index (Phi) is 4.44. The van der Waals surface area contributed by atoms with Crippen molar-refractivity contribution in [3.8, 4) is 0 Å². The molecule has 6 aliphatic rings. The molecule has 12 unspecified atom stereocenters. The van der Waals surface area contributed by atoms with Crippen LogP contribution in [-0.4, -0.2) is 45.9 Å². The lowest BCUT2D eigenvalue weighted by molar-refractivity contribution is -0.135. The van der Waals surface area contributed by atoms with Crippen LogP contribution in [0.3, 0.4) is 0 Å². The van der Waals surface area contributed by atoms with E-state index >= 15 is 0 Å². The van der Waals surface area contributed by atoms with Crippen LogP contribution in [0.4, 0.5) is 0 Å². The van der Waals surface area contributed by atoms with E-state index in [4.69, 9.17) is 0 Å². The van der Waals surface area contributed by atoms with E-state index in [9.17, 15) is 10.2 Å². The summed E-state index contributed by atoms with van der Waals surface area (Å²) in [6, 6.07) is 1.46. The summed E-state index contributed by atoms with van der Waals surface area (Å²) in [7, 11) is 0. The van der Waals surface area contributed by atoms with Crippen LogP contribution in [0.5, 0.6) is 0 Å². The molecule has 0 amide bonds. The number of aliphatic hydroxyl groups excluding tert-OH is 2. The maximum absolute atomic E-state index is 11.8. The summed E-state index contributed by atoms with van der Waals surface area (Å²) in [5, 5.41) is 22.1. The molecule has 0 bridgehead atoms. The highest BCUT2D eigenvalue weighted by molar-refractivity contribution is 5.27. The van der Waals surface area contributed by atoms with Crippen LogP contribution in [0.25, 0.3) is 0 Å². The van der Waals surface area contributed by atoms with Crippen molar-refractivity contribution in [1.82, 2.24) is 4.90 Å². The van der Waals surface area contributed by atoms with Crippen LogP contribution in [0.15, 0.2) is 11.6 Å². The third-order valence-electron chi connectivity index (χ3n) is 11.8. The van der Waals surface area contributed by atoms with Crippen LogP contribution in [0, 0.1) is 46.3 Å². The van der Waals surface area contributed by atoms with E-state index in [0.29, 0.717) is 23.8 Å². The highest BCUT2D eigenvalue weighted by Crippen LogP contribution is 2.69. The number of nitrogens with zero attached hydrogens (tertiary/aromatic N) is 1. The van der Waals surface area contributed by atoms with E-state index in [1.807, 2.05) is 0 Å². The molecule has 0 aromatic heterocycles. The highest BCUT2D eigenvalue weighted by atomic mass is 16.3. The first-order valence-electron chi connectivity index (χ1n) is 13.1. The molecule has 30 heavy (non-hydrogen) atoms. The van der Waals surface area contributed by atoms with Gasteiger partial charge >= 0.3 is 0 Å². The van der Waals surface area contributed by atoms with Crippen LogP contribution in [0.1, 0.15) is 79.1 Å². The Morgan fingerprint density at radius 3 is 2.60 bits per heavy atom. The van der Waals surface area contributed by atoms with Gasteiger partial charge in [-0.2, -0.15) is 0 Å². The first-order chi connectivity index (χ1) is 14.2. The SMILES string of the molecule is CC1CCC2C(C)C3C(CC4C5CC=C6CC(O)CCC6(C)C5CC(O)C43C)N2C1.